The van der Waals surface area contributed by atoms with Gasteiger partial charge in [0.1, 0.15) is 17.2 Å². The maximum Gasteiger partial charge on any atom is 0.354 e. The maximum absolute atomic E-state index is 6.78. The highest BCUT2D eigenvalue weighted by Gasteiger charge is 2.40. The van der Waals surface area contributed by atoms with Gasteiger partial charge in [0.05, 0.1) is 15.1 Å². The number of halogens is 6. The van der Waals surface area contributed by atoms with E-state index in [1.54, 1.807) is 18.2 Å². The monoisotopic (exact) mass is 666 g/mol. The molecule has 0 saturated carbocycles. The van der Waals surface area contributed by atoms with Gasteiger partial charge < -0.3 is 30.8 Å². The lowest BCUT2D eigenvalue weighted by Crippen LogP contribution is -1.97. The molecule has 6 N–H and O–H groups in total. The van der Waals surface area contributed by atoms with Crippen LogP contribution in [-0.2, 0) is 0 Å². The van der Waals surface area contributed by atoms with E-state index in [4.69, 9.17) is 99.3 Å². The molecule has 3 aromatic carbocycles. The third kappa shape index (κ3) is 6.66. The van der Waals surface area contributed by atoms with Crippen LogP contribution in [0.3, 0.4) is 0 Å². The van der Waals surface area contributed by atoms with Crippen LogP contribution >= 0.6 is 88.9 Å². The lowest BCUT2D eigenvalue weighted by Gasteiger charge is -2.27. The predicted molar refractivity (Wildman–Crippen MR) is 155 cm³/mol. The van der Waals surface area contributed by atoms with Crippen molar-refractivity contribution in [2.24, 2.45) is 13.5 Å². The lowest BCUT2D eigenvalue weighted by molar-refractivity contribution is 0.596. The topological polar surface area (TPSA) is 143 Å². The molecule has 0 amide bonds. The Morgan fingerprint density at radius 2 is 0.750 bits per heavy atom. The third-order valence-electron chi connectivity index (χ3n) is 4.17. The molecule has 0 bridgehead atoms. The molecule has 0 aliphatic carbocycles. The van der Waals surface area contributed by atoms with E-state index in [9.17, 15) is 0 Å². The van der Waals surface area contributed by atoms with E-state index in [2.05, 4.69) is 13.5 Å². The molecule has 36 heavy (non-hydrogen) atoms. The zero-order chi connectivity index (χ0) is 26.3. The molecule has 3 aromatic rings. The van der Waals surface area contributed by atoms with E-state index >= 15 is 0 Å². The van der Waals surface area contributed by atoms with Crippen molar-refractivity contribution in [3.8, 4) is 17.2 Å². The van der Waals surface area contributed by atoms with Gasteiger partial charge in [0.15, 0.2) is 0 Å². The Hall–Kier alpha value is -1.11. The van der Waals surface area contributed by atoms with Crippen LogP contribution in [0.5, 0.6) is 17.2 Å². The second kappa shape index (κ2) is 10.6. The molecule has 0 spiro atoms. The van der Waals surface area contributed by atoms with E-state index in [1.165, 1.54) is 36.4 Å². The standard InChI is InChI=1S/C18H15Cl6N6O3P3/c19-13-7-10(25)1-4-16(13)31-34(22)28-35(23,32-17-5-2-11(26)8-14(17)20)30-36(24,29-34)33-18-6-3-12(27)9-15(18)21/h1-9H,25-27H2. The van der Waals surface area contributed by atoms with Crippen LogP contribution in [0, 0.1) is 0 Å². The molecule has 1 heterocycles. The second-order valence-electron chi connectivity index (χ2n) is 7.03. The molecule has 0 saturated heterocycles. The van der Waals surface area contributed by atoms with Gasteiger partial charge in [-0.05, 0) is 88.3 Å². The first kappa shape index (κ1) is 27.9. The van der Waals surface area contributed by atoms with Gasteiger partial charge >= 0.3 is 20.4 Å². The SMILES string of the molecule is Nc1ccc(OP2(Cl)=NP(Cl)(Oc3ccc(N)cc3Cl)=NP(Cl)(Oc3ccc(N)cc3Cl)=N2)c(Cl)c1. The number of nitrogen functional groups attached to an aromatic ring is 3. The molecular weight excluding hydrogens is 654 g/mol. The first-order valence-electron chi connectivity index (χ1n) is 9.51. The van der Waals surface area contributed by atoms with Crippen molar-refractivity contribution in [2.45, 2.75) is 0 Å². The first-order valence-corrected chi connectivity index (χ1v) is 18.2. The van der Waals surface area contributed by atoms with Crippen molar-refractivity contribution >= 4 is 106 Å². The van der Waals surface area contributed by atoms with Gasteiger partial charge in [0.25, 0.3) is 0 Å². The molecule has 4 rings (SSSR count). The zero-order valence-corrected chi connectivity index (χ0v) is 24.8. The Balaban J connectivity index is 1.85. The van der Waals surface area contributed by atoms with Crippen LogP contribution in [0.2, 0.25) is 15.1 Å². The Morgan fingerprint density at radius 3 is 0.972 bits per heavy atom. The summed E-state index contributed by atoms with van der Waals surface area (Å²) in [6.07, 6.45) is 0. The van der Waals surface area contributed by atoms with Gasteiger partial charge in [-0.15, -0.1) is 13.5 Å². The predicted octanol–water partition coefficient (Wildman–Crippen LogP) is 10.5. The van der Waals surface area contributed by atoms with Gasteiger partial charge in [-0.1, -0.05) is 34.8 Å². The average molecular weight is 669 g/mol. The van der Waals surface area contributed by atoms with Crippen molar-refractivity contribution in [3.05, 3.63) is 69.7 Å². The first-order chi connectivity index (χ1) is 16.8. The summed E-state index contributed by atoms with van der Waals surface area (Å²) < 4.78 is 30.8. The second-order valence-corrected chi connectivity index (χ2v) is 17.7. The molecule has 18 heteroatoms. The summed E-state index contributed by atoms with van der Waals surface area (Å²) in [7, 11) is 0. The van der Waals surface area contributed by atoms with Crippen molar-refractivity contribution < 1.29 is 13.6 Å². The molecule has 1 aliphatic heterocycles. The number of nitrogens with zero attached hydrogens (tertiary/aromatic N) is 3. The van der Waals surface area contributed by atoms with Crippen molar-refractivity contribution in [2.75, 3.05) is 17.2 Å². The number of benzene rings is 3. The van der Waals surface area contributed by atoms with Gasteiger partial charge in [-0.2, -0.15) is 0 Å². The molecule has 0 fully saturated rings. The summed E-state index contributed by atoms with van der Waals surface area (Å²) in [4.78, 5) is 0. The van der Waals surface area contributed by atoms with Gasteiger partial charge in [-0.3, -0.25) is 0 Å². The number of anilines is 3. The summed E-state index contributed by atoms with van der Waals surface area (Å²) in [5, 5.41) is 0.472. The van der Waals surface area contributed by atoms with Crippen molar-refractivity contribution in [1.82, 2.24) is 0 Å². The van der Waals surface area contributed by atoms with E-state index in [0.29, 0.717) is 17.1 Å². The molecule has 0 unspecified atom stereocenters. The summed E-state index contributed by atoms with van der Waals surface area (Å²) in [5.41, 5.74) is 18.5. The fourth-order valence-corrected chi connectivity index (χ4v) is 16.9. The van der Waals surface area contributed by atoms with Crippen LogP contribution in [0.1, 0.15) is 0 Å². The highest BCUT2D eigenvalue weighted by atomic mass is 35.7. The van der Waals surface area contributed by atoms with Crippen LogP contribution < -0.4 is 30.8 Å². The minimum Gasteiger partial charge on any atom is -0.429 e. The highest BCUT2D eigenvalue weighted by Crippen LogP contribution is 2.83. The van der Waals surface area contributed by atoms with E-state index in [0.717, 1.165) is 0 Å². The largest absolute Gasteiger partial charge is 0.429 e. The van der Waals surface area contributed by atoms with Gasteiger partial charge in [-0.25, -0.2) is 0 Å². The molecule has 0 radical (unpaired) electrons. The minimum absolute atomic E-state index is 0.131. The summed E-state index contributed by atoms with van der Waals surface area (Å²) in [6, 6.07) is 13.6. The molecule has 192 valence electrons. The summed E-state index contributed by atoms with van der Waals surface area (Å²) in [5.74, 6) is 0.392. The lowest BCUT2D eigenvalue weighted by atomic mass is 10.3. The molecule has 9 nitrogen and oxygen atoms in total. The summed E-state index contributed by atoms with van der Waals surface area (Å²) >= 11 is 39.1. The smallest absolute Gasteiger partial charge is 0.354 e. The van der Waals surface area contributed by atoms with Crippen LogP contribution in [0.4, 0.5) is 17.1 Å². The van der Waals surface area contributed by atoms with Crippen molar-refractivity contribution in [3.63, 3.8) is 0 Å². The Labute approximate surface area is 235 Å². The van der Waals surface area contributed by atoms with E-state index < -0.39 is 20.4 Å². The average Bonchev–Trinajstić information content (AvgIpc) is 2.73. The van der Waals surface area contributed by atoms with Gasteiger partial charge in [0, 0.05) is 17.1 Å². The van der Waals surface area contributed by atoms with Crippen molar-refractivity contribution in [1.29, 1.82) is 0 Å². The Bertz CT molecular complexity index is 1340. The number of hydrogen-bond donors (Lipinski definition) is 3. The van der Waals surface area contributed by atoms with Crippen LogP contribution in [0.15, 0.2) is 68.1 Å². The maximum atomic E-state index is 6.78. The molecule has 0 aromatic heterocycles. The number of hydrogen-bond acceptors (Lipinski definition) is 9. The van der Waals surface area contributed by atoms with Crippen LogP contribution in [0.25, 0.3) is 0 Å². The zero-order valence-electron chi connectivity index (χ0n) is 17.6. The number of rotatable bonds is 6. The van der Waals surface area contributed by atoms with Crippen LogP contribution in [-0.4, -0.2) is 0 Å². The van der Waals surface area contributed by atoms with Gasteiger partial charge in [0.2, 0.25) is 0 Å². The number of nitrogens with two attached hydrogens (primary N) is 3. The summed E-state index contributed by atoms with van der Waals surface area (Å²) in [6.45, 7) is -11.2. The fraction of sp³-hybridized carbons (Fsp3) is 0. The van der Waals surface area contributed by atoms with E-state index in [1.807, 2.05) is 0 Å². The third-order valence-corrected chi connectivity index (χ3v) is 15.9. The Morgan fingerprint density at radius 1 is 0.500 bits per heavy atom. The quantitative estimate of drug-likeness (QED) is 0.176. The fourth-order valence-electron chi connectivity index (χ4n) is 2.72. The normalized spacial score (nSPS) is 25.2. The minimum atomic E-state index is -3.74. The molecular formula is C18H15Cl6N6O3P3. The molecule has 1 aliphatic rings. The van der Waals surface area contributed by atoms with E-state index in [-0.39, 0.29) is 32.3 Å². The Kier molecular flexibility index (Phi) is 8.20. The molecule has 0 atom stereocenters. The highest BCUT2D eigenvalue weighted by molar-refractivity contribution is 8.05.